The molecule has 0 saturated heterocycles. The molecule has 3 nitrogen and oxygen atoms in total. The molecule has 0 saturated carbocycles. The summed E-state index contributed by atoms with van der Waals surface area (Å²) in [6, 6.07) is 0. The van der Waals surface area contributed by atoms with Crippen LogP contribution in [0.25, 0.3) is 0 Å². The van der Waals surface area contributed by atoms with Crippen molar-refractivity contribution in [2.75, 3.05) is 6.61 Å². The molecule has 0 fully saturated rings. The van der Waals surface area contributed by atoms with Crippen LogP contribution in [0, 0.1) is 0 Å². The monoisotopic (exact) mass is 94.0 g/mol. The number of aliphatic hydroxyl groups is 1. The van der Waals surface area contributed by atoms with Crippen molar-refractivity contribution in [3.63, 3.8) is 0 Å². The zero-order valence-electron chi connectivity index (χ0n) is 2.85. The summed E-state index contributed by atoms with van der Waals surface area (Å²) in [6.45, 7) is -0.906. The van der Waals surface area contributed by atoms with E-state index in [1.54, 1.807) is 0 Å². The second-order valence-electron chi connectivity index (χ2n) is 0.607. The number of carbonyl (C=O) groups excluding carboxylic acids is 1. The topological polar surface area (TPSA) is 46.5 Å². The number of carbonyl (C=O) groups is 1. The third-order valence-electron chi connectivity index (χ3n) is 0.215. The van der Waals surface area contributed by atoms with Gasteiger partial charge in [-0.05, 0) is 0 Å². The number of rotatable bonds is 1. The number of aliphatic hydroxyl groups excluding tert-OH is 1. The van der Waals surface area contributed by atoms with Crippen LogP contribution >= 0.6 is 0 Å². The second-order valence-corrected chi connectivity index (χ2v) is 0.607. The molecule has 0 rings (SSSR count). The first-order valence-electron chi connectivity index (χ1n) is 1.23. The lowest BCUT2D eigenvalue weighted by molar-refractivity contribution is -0.186. The fourth-order valence-corrected chi connectivity index (χ4v) is 0.0244. The molecular weight excluding hydrogens is 91.0 g/mol. The molecule has 0 aliphatic carbocycles. The first kappa shape index (κ1) is 5.36. The lowest BCUT2D eigenvalue weighted by atomic mass is 10.8. The summed E-state index contributed by atoms with van der Waals surface area (Å²) in [5.41, 5.74) is 0. The molecule has 0 aromatic rings. The predicted octanol–water partition coefficient (Wildman–Crippen LogP) is -0.594. The Morgan fingerprint density at radius 1 is 2.00 bits per heavy atom. The highest BCUT2D eigenvalue weighted by Gasteiger charge is 1.94. The van der Waals surface area contributed by atoms with E-state index in [0.29, 0.717) is 0 Å². The van der Waals surface area contributed by atoms with E-state index in [-0.39, 0.29) is 0 Å². The van der Waals surface area contributed by atoms with Crippen molar-refractivity contribution in [3.05, 3.63) is 0 Å². The van der Waals surface area contributed by atoms with E-state index in [1.807, 2.05) is 0 Å². The van der Waals surface area contributed by atoms with Gasteiger partial charge in [-0.1, -0.05) is 0 Å². The zero-order valence-corrected chi connectivity index (χ0v) is 2.85. The molecule has 0 amide bonds. The van der Waals surface area contributed by atoms with Gasteiger partial charge < -0.3 is 5.11 Å². The van der Waals surface area contributed by atoms with E-state index in [9.17, 15) is 9.32 Å². The molecule has 0 heterocycles. The fraction of sp³-hybridized carbons (Fsp3) is 0.500. The summed E-state index contributed by atoms with van der Waals surface area (Å²) in [5.74, 6) is -1.27. The lowest BCUT2D eigenvalue weighted by Crippen LogP contribution is -2.01. The Morgan fingerprint density at radius 3 is 2.50 bits per heavy atom. The molecule has 6 heavy (non-hydrogen) atoms. The standard InChI is InChI=1S/C2H3FO3/c3-6-2(5)1-4/h4H,1H2. The summed E-state index contributed by atoms with van der Waals surface area (Å²) >= 11 is 0. The van der Waals surface area contributed by atoms with E-state index in [1.165, 1.54) is 0 Å². The molecule has 4 heteroatoms. The van der Waals surface area contributed by atoms with Crippen molar-refractivity contribution < 1.29 is 19.4 Å². The van der Waals surface area contributed by atoms with Crippen molar-refractivity contribution in [2.24, 2.45) is 0 Å². The SMILES string of the molecule is O=C(CO)OF. The Morgan fingerprint density at radius 2 is 2.50 bits per heavy atom. The van der Waals surface area contributed by atoms with Gasteiger partial charge in [-0.2, -0.15) is 0 Å². The van der Waals surface area contributed by atoms with E-state index in [4.69, 9.17) is 5.11 Å². The summed E-state index contributed by atoms with van der Waals surface area (Å²) < 4.78 is 10.4. The van der Waals surface area contributed by atoms with Gasteiger partial charge in [-0.15, -0.1) is 0 Å². The molecule has 0 aliphatic rings. The highest BCUT2D eigenvalue weighted by Crippen LogP contribution is 1.71. The van der Waals surface area contributed by atoms with Gasteiger partial charge in [0.1, 0.15) is 6.61 Å². The van der Waals surface area contributed by atoms with Crippen LogP contribution in [0.4, 0.5) is 4.53 Å². The maximum absolute atomic E-state index is 10.4. The van der Waals surface area contributed by atoms with Crippen LogP contribution < -0.4 is 0 Å². The number of hydrogen-bond donors (Lipinski definition) is 1. The smallest absolute Gasteiger partial charge is 0.373 e. The Hall–Kier alpha value is -0.640. The third kappa shape index (κ3) is 1.66. The zero-order chi connectivity index (χ0) is 4.99. The van der Waals surface area contributed by atoms with E-state index < -0.39 is 12.6 Å². The molecule has 0 spiro atoms. The minimum atomic E-state index is -1.27. The van der Waals surface area contributed by atoms with Crippen molar-refractivity contribution in [1.82, 2.24) is 0 Å². The summed E-state index contributed by atoms with van der Waals surface area (Å²) in [6.07, 6.45) is 0. The number of hydrogen-bond acceptors (Lipinski definition) is 3. The van der Waals surface area contributed by atoms with Crippen LogP contribution in [0.1, 0.15) is 0 Å². The van der Waals surface area contributed by atoms with Crippen molar-refractivity contribution >= 4 is 5.97 Å². The maximum atomic E-state index is 10.4. The summed E-state index contributed by atoms with van der Waals surface area (Å²) in [5, 5.41) is 7.62. The van der Waals surface area contributed by atoms with Crippen LogP contribution in [0.2, 0.25) is 0 Å². The maximum Gasteiger partial charge on any atom is 0.373 e. The van der Waals surface area contributed by atoms with Gasteiger partial charge in [0.2, 0.25) is 0 Å². The average Bonchev–Trinajstić information content (AvgIpc) is 1.65. The van der Waals surface area contributed by atoms with Gasteiger partial charge in [0, 0.05) is 4.53 Å². The van der Waals surface area contributed by atoms with Gasteiger partial charge in [-0.3, -0.25) is 4.94 Å². The summed E-state index contributed by atoms with van der Waals surface area (Å²) in [4.78, 5) is 11.8. The Balaban J connectivity index is 2.99. The van der Waals surface area contributed by atoms with Crippen LogP contribution in [0.3, 0.4) is 0 Å². The number of halogens is 1. The van der Waals surface area contributed by atoms with Gasteiger partial charge in [0.15, 0.2) is 0 Å². The Labute approximate surface area is 33.2 Å². The van der Waals surface area contributed by atoms with Gasteiger partial charge in [-0.25, -0.2) is 4.79 Å². The molecule has 36 valence electrons. The Kier molecular flexibility index (Phi) is 2.31. The van der Waals surface area contributed by atoms with E-state index >= 15 is 0 Å². The van der Waals surface area contributed by atoms with Crippen molar-refractivity contribution in [2.45, 2.75) is 0 Å². The van der Waals surface area contributed by atoms with Gasteiger partial charge >= 0.3 is 5.97 Å². The minimum absolute atomic E-state index is 0.906. The van der Waals surface area contributed by atoms with Crippen molar-refractivity contribution in [1.29, 1.82) is 0 Å². The van der Waals surface area contributed by atoms with Gasteiger partial charge in [0.05, 0.1) is 0 Å². The van der Waals surface area contributed by atoms with E-state index in [0.717, 1.165) is 0 Å². The Bertz CT molecular complexity index is 46.8. The first-order chi connectivity index (χ1) is 2.81. The fourth-order valence-electron chi connectivity index (χ4n) is 0.0244. The van der Waals surface area contributed by atoms with Crippen molar-refractivity contribution in [3.8, 4) is 0 Å². The highest BCUT2D eigenvalue weighted by atomic mass is 19.3. The highest BCUT2D eigenvalue weighted by molar-refractivity contribution is 5.69. The van der Waals surface area contributed by atoms with E-state index in [2.05, 4.69) is 4.94 Å². The molecule has 0 radical (unpaired) electrons. The van der Waals surface area contributed by atoms with Crippen LogP contribution in [-0.4, -0.2) is 17.7 Å². The largest absolute Gasteiger partial charge is 0.385 e. The molecule has 0 aromatic heterocycles. The lowest BCUT2D eigenvalue weighted by Gasteiger charge is -1.79. The normalized spacial score (nSPS) is 7.67. The van der Waals surface area contributed by atoms with Gasteiger partial charge in [0.25, 0.3) is 0 Å². The molecule has 0 bridgehead atoms. The average molecular weight is 94.0 g/mol. The molecular formula is C2H3FO3. The molecule has 1 N–H and O–H groups in total. The molecule has 0 atom stereocenters. The quantitative estimate of drug-likeness (QED) is 0.472. The van der Waals surface area contributed by atoms with Crippen LogP contribution in [-0.2, 0) is 9.74 Å². The molecule has 0 aliphatic heterocycles. The molecule has 0 aromatic carbocycles. The molecule has 0 unspecified atom stereocenters. The van der Waals surface area contributed by atoms with Crippen LogP contribution in [0.15, 0.2) is 0 Å². The van der Waals surface area contributed by atoms with Crippen LogP contribution in [0.5, 0.6) is 0 Å². The predicted molar refractivity (Wildman–Crippen MR) is 14.3 cm³/mol. The minimum Gasteiger partial charge on any atom is -0.385 e. The summed E-state index contributed by atoms with van der Waals surface area (Å²) in [7, 11) is 0. The third-order valence-corrected chi connectivity index (χ3v) is 0.215. The first-order valence-corrected chi connectivity index (χ1v) is 1.23. The second kappa shape index (κ2) is 2.59.